The molecule has 8 heteroatoms. The highest BCUT2D eigenvalue weighted by Gasteiger charge is 2.24. The van der Waals surface area contributed by atoms with Crippen molar-refractivity contribution < 1.29 is 22.7 Å². The molecule has 0 aromatic heterocycles. The first kappa shape index (κ1) is 24.7. The Hall–Kier alpha value is -2.97. The van der Waals surface area contributed by atoms with Gasteiger partial charge in [0.1, 0.15) is 0 Å². The van der Waals surface area contributed by atoms with Crippen LogP contribution in [-0.2, 0) is 24.3 Å². The summed E-state index contributed by atoms with van der Waals surface area (Å²) >= 11 is 0. The summed E-state index contributed by atoms with van der Waals surface area (Å²) in [5, 5.41) is 0. The topological polar surface area (TPSA) is 84.0 Å². The molecule has 33 heavy (non-hydrogen) atoms. The molecule has 1 aliphatic rings. The highest BCUT2D eigenvalue weighted by Crippen LogP contribution is 2.21. The SMILES string of the molecule is CCN(C(=O)COC(=O)/C=C/c1ccc(S(=O)(=O)N2CCCCCC2)cc1)c1ccccc1. The van der Waals surface area contributed by atoms with E-state index in [-0.39, 0.29) is 17.4 Å². The number of benzene rings is 2. The zero-order chi connectivity index (χ0) is 23.7. The summed E-state index contributed by atoms with van der Waals surface area (Å²) in [6, 6.07) is 15.6. The largest absolute Gasteiger partial charge is 0.452 e. The Morgan fingerprint density at radius 2 is 1.61 bits per heavy atom. The third-order valence-electron chi connectivity index (χ3n) is 5.52. The summed E-state index contributed by atoms with van der Waals surface area (Å²) in [4.78, 5) is 26.2. The molecule has 176 valence electrons. The van der Waals surface area contributed by atoms with E-state index >= 15 is 0 Å². The minimum atomic E-state index is -3.51. The third kappa shape index (κ3) is 6.76. The van der Waals surface area contributed by atoms with E-state index in [1.165, 1.54) is 12.2 Å². The lowest BCUT2D eigenvalue weighted by Crippen LogP contribution is -2.34. The van der Waals surface area contributed by atoms with E-state index in [1.54, 1.807) is 33.5 Å². The van der Waals surface area contributed by atoms with Gasteiger partial charge in [-0.15, -0.1) is 0 Å². The lowest BCUT2D eigenvalue weighted by atomic mass is 10.2. The van der Waals surface area contributed by atoms with Crippen LogP contribution in [0.4, 0.5) is 5.69 Å². The first-order chi connectivity index (χ1) is 15.9. The van der Waals surface area contributed by atoms with Gasteiger partial charge in [0, 0.05) is 31.4 Å². The van der Waals surface area contributed by atoms with Gasteiger partial charge in [-0.05, 0) is 55.7 Å². The third-order valence-corrected chi connectivity index (χ3v) is 7.43. The number of para-hydroxylation sites is 1. The molecular formula is C25H30N2O5S. The van der Waals surface area contributed by atoms with Crippen molar-refractivity contribution in [2.24, 2.45) is 0 Å². The Bertz CT molecular complexity index is 1060. The number of esters is 1. The van der Waals surface area contributed by atoms with Crippen molar-refractivity contribution in [1.82, 2.24) is 4.31 Å². The number of anilines is 1. The monoisotopic (exact) mass is 470 g/mol. The molecule has 0 spiro atoms. The van der Waals surface area contributed by atoms with E-state index in [1.807, 2.05) is 37.3 Å². The van der Waals surface area contributed by atoms with E-state index in [0.717, 1.165) is 31.4 Å². The van der Waals surface area contributed by atoms with Gasteiger partial charge in [-0.25, -0.2) is 13.2 Å². The van der Waals surface area contributed by atoms with E-state index in [2.05, 4.69) is 0 Å². The van der Waals surface area contributed by atoms with E-state index in [0.29, 0.717) is 25.2 Å². The highest BCUT2D eigenvalue weighted by molar-refractivity contribution is 7.89. The number of sulfonamides is 1. The van der Waals surface area contributed by atoms with Crippen molar-refractivity contribution in [3.05, 3.63) is 66.2 Å². The van der Waals surface area contributed by atoms with Crippen LogP contribution in [0.15, 0.2) is 65.6 Å². The van der Waals surface area contributed by atoms with Gasteiger partial charge in [0.05, 0.1) is 4.90 Å². The van der Waals surface area contributed by atoms with Crippen LogP contribution >= 0.6 is 0 Å². The predicted molar refractivity (Wildman–Crippen MR) is 128 cm³/mol. The fraction of sp³-hybridized carbons (Fsp3) is 0.360. The minimum Gasteiger partial charge on any atom is -0.452 e. The zero-order valence-electron chi connectivity index (χ0n) is 18.9. The lowest BCUT2D eigenvalue weighted by Gasteiger charge is -2.20. The van der Waals surface area contributed by atoms with Crippen LogP contribution in [0.25, 0.3) is 6.08 Å². The van der Waals surface area contributed by atoms with Gasteiger partial charge in [0.25, 0.3) is 5.91 Å². The number of carbonyl (C=O) groups excluding carboxylic acids is 2. The molecule has 2 aromatic rings. The number of likely N-dealkylation sites (N-methyl/N-ethyl adjacent to an activating group) is 1. The van der Waals surface area contributed by atoms with E-state index in [4.69, 9.17) is 4.74 Å². The Kier molecular flexibility index (Phi) is 8.79. The quantitative estimate of drug-likeness (QED) is 0.432. The number of rotatable bonds is 8. The maximum absolute atomic E-state index is 12.8. The second kappa shape index (κ2) is 11.8. The molecule has 0 radical (unpaired) electrons. The van der Waals surface area contributed by atoms with Crippen LogP contribution in [0, 0.1) is 0 Å². The molecule has 2 aromatic carbocycles. The molecule has 3 rings (SSSR count). The van der Waals surface area contributed by atoms with Crippen LogP contribution in [0.5, 0.6) is 0 Å². The van der Waals surface area contributed by atoms with Gasteiger partial charge in [-0.3, -0.25) is 4.79 Å². The van der Waals surface area contributed by atoms with Gasteiger partial charge in [0.15, 0.2) is 6.61 Å². The predicted octanol–water partition coefficient (Wildman–Crippen LogP) is 3.86. The molecule has 0 aliphatic carbocycles. The van der Waals surface area contributed by atoms with Crippen molar-refractivity contribution in [2.75, 3.05) is 31.1 Å². The van der Waals surface area contributed by atoms with Crippen molar-refractivity contribution in [1.29, 1.82) is 0 Å². The van der Waals surface area contributed by atoms with Gasteiger partial charge < -0.3 is 9.64 Å². The molecule has 0 saturated carbocycles. The van der Waals surface area contributed by atoms with Crippen molar-refractivity contribution >= 4 is 33.7 Å². The molecular weight excluding hydrogens is 440 g/mol. The van der Waals surface area contributed by atoms with Gasteiger partial charge in [-0.2, -0.15) is 4.31 Å². The van der Waals surface area contributed by atoms with Crippen LogP contribution in [0.3, 0.4) is 0 Å². The molecule has 1 heterocycles. The zero-order valence-corrected chi connectivity index (χ0v) is 19.7. The first-order valence-electron chi connectivity index (χ1n) is 11.2. The number of amides is 1. The molecule has 0 bridgehead atoms. The highest BCUT2D eigenvalue weighted by atomic mass is 32.2. The Morgan fingerprint density at radius 3 is 2.21 bits per heavy atom. The van der Waals surface area contributed by atoms with Crippen molar-refractivity contribution in [3.8, 4) is 0 Å². The Balaban J connectivity index is 1.55. The molecule has 0 unspecified atom stereocenters. The number of hydrogen-bond donors (Lipinski definition) is 0. The average molecular weight is 471 g/mol. The standard InChI is InChI=1S/C25H30N2O5S/c1-2-27(22-10-6-5-7-11-22)24(28)20-32-25(29)17-14-21-12-15-23(16-13-21)33(30,31)26-18-8-3-4-9-19-26/h5-7,10-17H,2-4,8-9,18-20H2,1H3/b17-14+. The van der Waals surface area contributed by atoms with Crippen LogP contribution in [-0.4, -0.2) is 50.8 Å². The molecule has 1 saturated heterocycles. The normalized spacial score (nSPS) is 15.2. The van der Waals surface area contributed by atoms with E-state index < -0.39 is 16.0 Å². The molecule has 1 aliphatic heterocycles. The average Bonchev–Trinajstić information content (AvgIpc) is 3.13. The number of carbonyl (C=O) groups is 2. The fourth-order valence-corrected chi connectivity index (χ4v) is 5.23. The second-order valence-electron chi connectivity index (χ2n) is 7.80. The van der Waals surface area contributed by atoms with Crippen LogP contribution in [0.2, 0.25) is 0 Å². The molecule has 0 N–H and O–H groups in total. The maximum Gasteiger partial charge on any atom is 0.331 e. The van der Waals surface area contributed by atoms with Crippen molar-refractivity contribution in [3.63, 3.8) is 0 Å². The van der Waals surface area contributed by atoms with Gasteiger partial charge in [-0.1, -0.05) is 43.2 Å². The number of nitrogens with zero attached hydrogens (tertiary/aromatic N) is 2. The maximum atomic E-state index is 12.8. The molecule has 7 nitrogen and oxygen atoms in total. The summed E-state index contributed by atoms with van der Waals surface area (Å²) in [5.74, 6) is -0.956. The lowest BCUT2D eigenvalue weighted by molar-refractivity contribution is -0.142. The Labute approximate surface area is 195 Å². The van der Waals surface area contributed by atoms with E-state index in [9.17, 15) is 18.0 Å². The summed E-state index contributed by atoms with van der Waals surface area (Å²) in [6.07, 6.45) is 6.63. The van der Waals surface area contributed by atoms with Crippen LogP contribution < -0.4 is 4.90 Å². The van der Waals surface area contributed by atoms with Gasteiger partial charge in [0.2, 0.25) is 10.0 Å². The first-order valence-corrected chi connectivity index (χ1v) is 12.7. The summed E-state index contributed by atoms with van der Waals surface area (Å²) in [7, 11) is -3.51. The number of ether oxygens (including phenoxy) is 1. The van der Waals surface area contributed by atoms with Crippen molar-refractivity contribution in [2.45, 2.75) is 37.5 Å². The second-order valence-corrected chi connectivity index (χ2v) is 9.74. The Morgan fingerprint density at radius 1 is 0.970 bits per heavy atom. The van der Waals surface area contributed by atoms with Crippen LogP contribution in [0.1, 0.15) is 38.2 Å². The summed E-state index contributed by atoms with van der Waals surface area (Å²) < 4.78 is 32.3. The number of hydrogen-bond acceptors (Lipinski definition) is 5. The molecule has 0 atom stereocenters. The fourth-order valence-electron chi connectivity index (χ4n) is 3.72. The molecule has 1 amide bonds. The van der Waals surface area contributed by atoms with Gasteiger partial charge >= 0.3 is 5.97 Å². The smallest absolute Gasteiger partial charge is 0.331 e. The minimum absolute atomic E-state index is 0.246. The molecule has 1 fully saturated rings. The summed E-state index contributed by atoms with van der Waals surface area (Å²) in [6.45, 7) is 3.05. The summed E-state index contributed by atoms with van der Waals surface area (Å²) in [5.41, 5.74) is 1.40.